The minimum Gasteiger partial charge on any atom is -0.497 e. The Morgan fingerprint density at radius 1 is 1.31 bits per heavy atom. The number of carbonyl (C=O) groups is 2. The van der Waals surface area contributed by atoms with Gasteiger partial charge < -0.3 is 9.47 Å². The number of ketones is 1. The summed E-state index contributed by atoms with van der Waals surface area (Å²) in [4.78, 5) is 22.5. The molecule has 0 spiro atoms. The Hall–Kier alpha value is -1.58. The van der Waals surface area contributed by atoms with Gasteiger partial charge in [0, 0.05) is 6.42 Å². The lowest BCUT2D eigenvalue weighted by Gasteiger charge is -1.97. The van der Waals surface area contributed by atoms with E-state index in [1.54, 1.807) is 0 Å². The molecule has 2 fully saturated rings. The fourth-order valence-corrected chi connectivity index (χ4v) is 1.38. The van der Waals surface area contributed by atoms with Crippen molar-refractivity contribution < 1.29 is 19.1 Å². The van der Waals surface area contributed by atoms with Gasteiger partial charge in [0.2, 0.25) is 5.78 Å². The highest BCUT2D eigenvalue weighted by Gasteiger charge is 2.37. The summed E-state index contributed by atoms with van der Waals surface area (Å²) in [5.74, 6) is -0.731. The van der Waals surface area contributed by atoms with Crippen LogP contribution < -0.4 is 0 Å². The van der Waals surface area contributed by atoms with Crippen LogP contribution in [-0.4, -0.2) is 18.4 Å². The highest BCUT2D eigenvalue weighted by atomic mass is 16.6. The number of carbonyl (C=O) groups excluding carboxylic acids is 2. The minimum atomic E-state index is -0.633. The number of hydrogen-bond acceptors (Lipinski definition) is 4. The van der Waals surface area contributed by atoms with Crippen LogP contribution in [0.4, 0.5) is 0 Å². The molecule has 2 aliphatic rings. The van der Waals surface area contributed by atoms with Crippen molar-refractivity contribution >= 4 is 11.8 Å². The quantitative estimate of drug-likeness (QED) is 0.312. The summed E-state index contributed by atoms with van der Waals surface area (Å²) in [6.07, 6.45) is 1.47. The van der Waals surface area contributed by atoms with Gasteiger partial charge in [-0.15, -0.1) is 0 Å². The molecule has 0 aromatic carbocycles. The molecule has 2 saturated heterocycles. The molecule has 0 bridgehead atoms. The van der Waals surface area contributed by atoms with Crippen molar-refractivity contribution in [2.45, 2.75) is 12.8 Å². The first-order chi connectivity index (χ1) is 6.20. The molecule has 2 rings (SSSR count). The maximum Gasteiger partial charge on any atom is 0.351 e. The molecular formula is C9H8O4. The van der Waals surface area contributed by atoms with E-state index in [0.717, 1.165) is 6.42 Å². The highest BCUT2D eigenvalue weighted by Crippen LogP contribution is 2.27. The van der Waals surface area contributed by atoms with Crippen LogP contribution >= 0.6 is 0 Å². The fourth-order valence-electron chi connectivity index (χ4n) is 1.38. The first-order valence-corrected chi connectivity index (χ1v) is 4.02. The monoisotopic (exact) mass is 180 g/mol. The number of Topliss-reactive ketones (excluding diaryl/α,β-unsaturated/α-hetero) is 1. The largest absolute Gasteiger partial charge is 0.497 e. The summed E-state index contributed by atoms with van der Waals surface area (Å²) in [6, 6.07) is 0. The Morgan fingerprint density at radius 3 is 2.54 bits per heavy atom. The third-order valence-electron chi connectivity index (χ3n) is 2.00. The number of rotatable bonds is 0. The SMILES string of the molecule is C=C1OC(=O)C(=C2CCCO2)C1=O. The number of esters is 1. The predicted molar refractivity (Wildman–Crippen MR) is 42.5 cm³/mol. The van der Waals surface area contributed by atoms with Gasteiger partial charge in [-0.3, -0.25) is 4.79 Å². The van der Waals surface area contributed by atoms with Crippen molar-refractivity contribution in [2.24, 2.45) is 0 Å². The molecule has 68 valence electrons. The van der Waals surface area contributed by atoms with Gasteiger partial charge in [-0.2, -0.15) is 0 Å². The van der Waals surface area contributed by atoms with Gasteiger partial charge in [-0.25, -0.2) is 4.79 Å². The third-order valence-corrected chi connectivity index (χ3v) is 2.00. The summed E-state index contributed by atoms with van der Waals surface area (Å²) < 4.78 is 9.72. The van der Waals surface area contributed by atoms with Crippen LogP contribution in [0.3, 0.4) is 0 Å². The van der Waals surface area contributed by atoms with Gasteiger partial charge in [-0.05, 0) is 6.42 Å². The number of cyclic esters (lactones) is 1. The van der Waals surface area contributed by atoms with Crippen LogP contribution in [0.25, 0.3) is 0 Å². The zero-order valence-corrected chi connectivity index (χ0v) is 6.96. The van der Waals surface area contributed by atoms with Gasteiger partial charge in [0.1, 0.15) is 11.3 Å². The first-order valence-electron chi connectivity index (χ1n) is 4.02. The van der Waals surface area contributed by atoms with Crippen molar-refractivity contribution in [3.05, 3.63) is 23.7 Å². The Labute approximate surface area is 74.8 Å². The second-order valence-corrected chi connectivity index (χ2v) is 2.89. The molecular weight excluding hydrogens is 172 g/mol. The number of allylic oxidation sites excluding steroid dienone is 2. The first kappa shape index (κ1) is 8.04. The second-order valence-electron chi connectivity index (χ2n) is 2.89. The van der Waals surface area contributed by atoms with E-state index in [9.17, 15) is 9.59 Å². The normalized spacial score (nSPS) is 27.8. The lowest BCUT2D eigenvalue weighted by Crippen LogP contribution is -2.04. The summed E-state index contributed by atoms with van der Waals surface area (Å²) in [7, 11) is 0. The zero-order chi connectivity index (χ0) is 9.42. The molecule has 0 aliphatic carbocycles. The number of hydrogen-bond donors (Lipinski definition) is 0. The average Bonchev–Trinajstić information content (AvgIpc) is 2.63. The Kier molecular flexibility index (Phi) is 1.69. The lowest BCUT2D eigenvalue weighted by molar-refractivity contribution is -0.132. The summed E-state index contributed by atoms with van der Waals surface area (Å²) in [5, 5.41) is 0. The van der Waals surface area contributed by atoms with Crippen molar-refractivity contribution in [2.75, 3.05) is 6.61 Å². The van der Waals surface area contributed by atoms with E-state index in [1.807, 2.05) is 0 Å². The van der Waals surface area contributed by atoms with E-state index in [4.69, 9.17) is 4.74 Å². The van der Waals surface area contributed by atoms with Crippen molar-refractivity contribution in [3.8, 4) is 0 Å². The molecule has 0 unspecified atom stereocenters. The van der Waals surface area contributed by atoms with E-state index in [-0.39, 0.29) is 11.3 Å². The molecule has 0 atom stereocenters. The smallest absolute Gasteiger partial charge is 0.351 e. The summed E-state index contributed by atoms with van der Waals surface area (Å²) >= 11 is 0. The molecule has 2 heterocycles. The molecule has 4 nitrogen and oxygen atoms in total. The van der Waals surface area contributed by atoms with Crippen molar-refractivity contribution in [1.82, 2.24) is 0 Å². The molecule has 0 amide bonds. The van der Waals surface area contributed by atoms with E-state index in [1.165, 1.54) is 0 Å². The van der Waals surface area contributed by atoms with Crippen LogP contribution in [0.5, 0.6) is 0 Å². The van der Waals surface area contributed by atoms with Crippen LogP contribution in [0.15, 0.2) is 23.7 Å². The summed E-state index contributed by atoms with van der Waals surface area (Å²) in [5.41, 5.74) is 0.0301. The topological polar surface area (TPSA) is 52.6 Å². The molecule has 0 N–H and O–H groups in total. The van der Waals surface area contributed by atoms with E-state index in [2.05, 4.69) is 11.3 Å². The highest BCUT2D eigenvalue weighted by molar-refractivity contribution is 6.28. The lowest BCUT2D eigenvalue weighted by atomic mass is 10.1. The van der Waals surface area contributed by atoms with E-state index in [0.29, 0.717) is 18.8 Å². The van der Waals surface area contributed by atoms with Gasteiger partial charge in [0.15, 0.2) is 5.76 Å². The standard InChI is InChI=1S/C9H8O4/c1-5-8(10)7(9(11)13-5)6-3-2-4-12-6/h1-4H2. The molecule has 13 heavy (non-hydrogen) atoms. The molecule has 0 aromatic heterocycles. The van der Waals surface area contributed by atoms with E-state index < -0.39 is 11.8 Å². The molecule has 2 aliphatic heterocycles. The number of ether oxygens (including phenoxy) is 2. The molecule has 0 radical (unpaired) electrons. The van der Waals surface area contributed by atoms with Crippen LogP contribution in [0, 0.1) is 0 Å². The van der Waals surface area contributed by atoms with Crippen molar-refractivity contribution in [3.63, 3.8) is 0 Å². The average molecular weight is 180 g/mol. The van der Waals surface area contributed by atoms with Gasteiger partial charge in [0.05, 0.1) is 6.61 Å². The fraction of sp³-hybridized carbons (Fsp3) is 0.333. The van der Waals surface area contributed by atoms with Gasteiger partial charge in [0.25, 0.3) is 0 Å². The van der Waals surface area contributed by atoms with Crippen LogP contribution in [-0.2, 0) is 19.1 Å². The van der Waals surface area contributed by atoms with Crippen molar-refractivity contribution in [1.29, 1.82) is 0 Å². The van der Waals surface area contributed by atoms with Gasteiger partial charge >= 0.3 is 5.97 Å². The van der Waals surface area contributed by atoms with Crippen LogP contribution in [0.1, 0.15) is 12.8 Å². The maximum atomic E-state index is 11.3. The molecule has 0 aromatic rings. The minimum absolute atomic E-state index is 0.0301. The molecule has 0 saturated carbocycles. The Morgan fingerprint density at radius 2 is 2.08 bits per heavy atom. The Bertz CT molecular complexity index is 330. The second kappa shape index (κ2) is 2.73. The Balaban J connectivity index is 2.42. The van der Waals surface area contributed by atoms with Crippen LogP contribution in [0.2, 0.25) is 0 Å². The zero-order valence-electron chi connectivity index (χ0n) is 6.96. The predicted octanol–water partition coefficient (Wildman–Crippen LogP) is 0.690. The maximum absolute atomic E-state index is 11.3. The van der Waals surface area contributed by atoms with Gasteiger partial charge in [-0.1, -0.05) is 6.58 Å². The summed E-state index contributed by atoms with van der Waals surface area (Å²) in [6.45, 7) is 3.89. The molecule has 4 heteroatoms. The van der Waals surface area contributed by atoms with E-state index >= 15 is 0 Å². The third kappa shape index (κ3) is 1.14.